The van der Waals surface area contributed by atoms with Crippen molar-refractivity contribution in [3.8, 4) is 0 Å². The molecular formula is C30H40ClF2N7O4S. The number of hydrogen-bond donors (Lipinski definition) is 3. The van der Waals surface area contributed by atoms with Crippen molar-refractivity contribution in [1.29, 1.82) is 0 Å². The predicted molar refractivity (Wildman–Crippen MR) is 168 cm³/mol. The summed E-state index contributed by atoms with van der Waals surface area (Å²) < 4.78 is 59.7. The zero-order valence-electron chi connectivity index (χ0n) is 25.2. The Morgan fingerprint density at radius 2 is 1.76 bits per heavy atom. The number of alkyl halides is 2. The number of hydrogen-bond acceptors (Lipinski definition) is 8. The van der Waals surface area contributed by atoms with Gasteiger partial charge in [-0.3, -0.25) is 9.59 Å². The number of pyridine rings is 1. The number of piperazine rings is 1. The van der Waals surface area contributed by atoms with Gasteiger partial charge in [-0.25, -0.2) is 22.2 Å². The molecule has 2 aliphatic heterocycles. The fraction of sp³-hybridized carbons (Fsp3) is 0.567. The molecular weight excluding hydrogens is 628 g/mol. The van der Waals surface area contributed by atoms with Gasteiger partial charge in [-0.05, 0) is 69.0 Å². The summed E-state index contributed by atoms with van der Waals surface area (Å²) in [5, 5.41) is 2.76. The lowest BCUT2D eigenvalue weighted by atomic mass is 9.77. The number of nitrogens with one attached hydrogen (secondary N) is 1. The van der Waals surface area contributed by atoms with Crippen molar-refractivity contribution < 1.29 is 26.8 Å². The first kappa shape index (κ1) is 33.5. The van der Waals surface area contributed by atoms with Crippen molar-refractivity contribution >= 4 is 44.9 Å². The van der Waals surface area contributed by atoms with Crippen LogP contribution in [0.15, 0.2) is 41.3 Å². The number of halogens is 3. The van der Waals surface area contributed by atoms with Gasteiger partial charge in [-0.1, -0.05) is 11.6 Å². The highest BCUT2D eigenvalue weighted by Crippen LogP contribution is 2.46. The number of sulfonamides is 1. The van der Waals surface area contributed by atoms with E-state index < -0.39 is 21.9 Å². The van der Waals surface area contributed by atoms with Crippen LogP contribution in [-0.2, 0) is 25.5 Å². The maximum Gasteiger partial charge on any atom is 0.276 e. The van der Waals surface area contributed by atoms with Gasteiger partial charge in [0, 0.05) is 80.9 Å². The third-order valence-corrected chi connectivity index (χ3v) is 11.1. The maximum atomic E-state index is 15.8. The molecule has 0 bridgehead atoms. The van der Waals surface area contributed by atoms with Gasteiger partial charge < -0.3 is 26.6 Å². The summed E-state index contributed by atoms with van der Waals surface area (Å²) in [7, 11) is -3.83. The van der Waals surface area contributed by atoms with E-state index in [1.807, 2.05) is 0 Å². The maximum absolute atomic E-state index is 15.8. The van der Waals surface area contributed by atoms with Crippen LogP contribution < -0.4 is 26.6 Å². The lowest BCUT2D eigenvalue weighted by molar-refractivity contribution is -0.129. The van der Waals surface area contributed by atoms with E-state index in [1.165, 1.54) is 28.6 Å². The SMILES string of the molecule is CC(CN)NC(=O)C1CCC(C(F)(F)c2cc(Cl)nc(N3CCN(S(=O)(=O)c4ccc(N5C[C@H](N)CC5=O)cc4)CC3)c2)CC1. The molecule has 1 aromatic carbocycles. The molecule has 3 fully saturated rings. The van der Waals surface area contributed by atoms with Crippen LogP contribution in [0.2, 0.25) is 5.15 Å². The summed E-state index contributed by atoms with van der Waals surface area (Å²) in [5.41, 5.74) is 11.8. The molecule has 2 amide bonds. The highest BCUT2D eigenvalue weighted by molar-refractivity contribution is 7.89. The van der Waals surface area contributed by atoms with Gasteiger partial charge in [0.1, 0.15) is 11.0 Å². The van der Waals surface area contributed by atoms with Crippen molar-refractivity contribution in [2.24, 2.45) is 23.3 Å². The Hall–Kier alpha value is -2.91. The molecule has 2 saturated heterocycles. The van der Waals surface area contributed by atoms with Gasteiger partial charge in [-0.2, -0.15) is 4.31 Å². The van der Waals surface area contributed by atoms with Gasteiger partial charge in [0.05, 0.1) is 4.90 Å². The Balaban J connectivity index is 1.21. The molecule has 5 rings (SSSR count). The summed E-state index contributed by atoms with van der Waals surface area (Å²) in [6, 6.07) is 8.24. The minimum absolute atomic E-state index is 0.0707. The van der Waals surface area contributed by atoms with E-state index in [1.54, 1.807) is 28.9 Å². The predicted octanol–water partition coefficient (Wildman–Crippen LogP) is 2.67. The average molecular weight is 668 g/mol. The van der Waals surface area contributed by atoms with E-state index in [4.69, 9.17) is 23.1 Å². The summed E-state index contributed by atoms with van der Waals surface area (Å²) in [6.45, 7) is 3.21. The van der Waals surface area contributed by atoms with E-state index in [-0.39, 0.29) is 96.7 Å². The van der Waals surface area contributed by atoms with Gasteiger partial charge >= 0.3 is 0 Å². The number of carbonyl (C=O) groups is 2. The number of nitrogens with two attached hydrogens (primary N) is 2. The Morgan fingerprint density at radius 1 is 1.11 bits per heavy atom. The number of rotatable bonds is 9. The van der Waals surface area contributed by atoms with Gasteiger partial charge in [0.2, 0.25) is 21.8 Å². The van der Waals surface area contributed by atoms with Crippen LogP contribution in [-0.4, -0.2) is 80.9 Å². The van der Waals surface area contributed by atoms with Crippen LogP contribution in [0.1, 0.15) is 44.6 Å². The number of carbonyl (C=O) groups excluding carboxylic acids is 2. The fourth-order valence-corrected chi connectivity index (χ4v) is 7.93. The first-order chi connectivity index (χ1) is 21.3. The molecule has 246 valence electrons. The van der Waals surface area contributed by atoms with E-state index in [9.17, 15) is 18.0 Å². The smallest absolute Gasteiger partial charge is 0.276 e. The van der Waals surface area contributed by atoms with Crippen LogP contribution in [0.3, 0.4) is 0 Å². The second-order valence-electron chi connectivity index (χ2n) is 12.2. The number of amides is 2. The monoisotopic (exact) mass is 667 g/mol. The molecule has 3 aliphatic rings. The van der Waals surface area contributed by atoms with Crippen LogP contribution >= 0.6 is 11.6 Å². The average Bonchev–Trinajstić information content (AvgIpc) is 3.38. The van der Waals surface area contributed by atoms with Crippen molar-refractivity contribution in [1.82, 2.24) is 14.6 Å². The molecule has 2 atom stereocenters. The molecule has 3 heterocycles. The zero-order chi connectivity index (χ0) is 32.5. The second kappa shape index (κ2) is 13.4. The van der Waals surface area contributed by atoms with E-state index in [2.05, 4.69) is 10.3 Å². The Morgan fingerprint density at radius 3 is 2.33 bits per heavy atom. The molecule has 45 heavy (non-hydrogen) atoms. The normalized spacial score (nSPS) is 24.1. The summed E-state index contributed by atoms with van der Waals surface area (Å²) >= 11 is 6.23. The van der Waals surface area contributed by atoms with E-state index in [0.717, 1.165) is 0 Å². The first-order valence-electron chi connectivity index (χ1n) is 15.3. The Labute approximate surface area is 267 Å². The molecule has 0 radical (unpaired) electrons. The molecule has 15 heteroatoms. The number of benzene rings is 1. The largest absolute Gasteiger partial charge is 0.354 e. The van der Waals surface area contributed by atoms with Crippen LogP contribution in [0.5, 0.6) is 0 Å². The van der Waals surface area contributed by atoms with Crippen molar-refractivity contribution in [3.63, 3.8) is 0 Å². The molecule has 0 spiro atoms. The minimum atomic E-state index is -3.83. The highest BCUT2D eigenvalue weighted by atomic mass is 35.5. The number of anilines is 2. The molecule has 1 aromatic heterocycles. The zero-order valence-corrected chi connectivity index (χ0v) is 26.7. The van der Waals surface area contributed by atoms with Crippen LogP contribution in [0, 0.1) is 11.8 Å². The van der Waals surface area contributed by atoms with Crippen molar-refractivity contribution in [2.45, 2.75) is 61.9 Å². The molecule has 1 saturated carbocycles. The standard InChI is InChI=1S/C30H40ClF2N7O4S/c1-19(17-34)36-29(42)20-2-4-21(5-3-20)30(32,33)22-14-26(31)37-27(15-22)38-10-12-39(13-11-38)45(43,44)25-8-6-24(7-9-25)40-18-23(35)16-28(40)41/h6-9,14-15,19-21,23H,2-5,10-13,16-18,34-35H2,1H3,(H,36,42)/t19?,20?,21?,23-/m1/s1. The summed E-state index contributed by atoms with van der Waals surface area (Å²) in [6.07, 6.45) is 1.35. The molecule has 5 N–H and O–H groups in total. The Kier molecular flexibility index (Phi) is 9.99. The molecule has 2 aromatic rings. The third-order valence-electron chi connectivity index (χ3n) is 9.02. The Bertz CT molecular complexity index is 1500. The van der Waals surface area contributed by atoms with Gasteiger partial charge in [0.25, 0.3) is 5.92 Å². The highest BCUT2D eigenvalue weighted by Gasteiger charge is 2.44. The van der Waals surface area contributed by atoms with Crippen LogP contribution in [0.25, 0.3) is 0 Å². The van der Waals surface area contributed by atoms with Gasteiger partial charge in [0.15, 0.2) is 0 Å². The van der Waals surface area contributed by atoms with E-state index in [0.29, 0.717) is 31.6 Å². The lowest BCUT2D eigenvalue weighted by Crippen LogP contribution is -2.49. The fourth-order valence-electron chi connectivity index (χ4n) is 6.30. The number of aromatic nitrogens is 1. The quantitative estimate of drug-likeness (QED) is 0.345. The third kappa shape index (κ3) is 7.25. The van der Waals surface area contributed by atoms with Crippen LogP contribution in [0.4, 0.5) is 20.3 Å². The summed E-state index contributed by atoms with van der Waals surface area (Å²) in [4.78, 5) is 32.3. The first-order valence-corrected chi connectivity index (χ1v) is 17.1. The minimum Gasteiger partial charge on any atom is -0.354 e. The summed E-state index contributed by atoms with van der Waals surface area (Å²) in [5.74, 6) is -4.44. The topological polar surface area (TPSA) is 155 Å². The van der Waals surface area contributed by atoms with Crippen molar-refractivity contribution in [3.05, 3.63) is 47.1 Å². The molecule has 1 aliphatic carbocycles. The molecule has 11 nitrogen and oxygen atoms in total. The second-order valence-corrected chi connectivity index (χ2v) is 14.5. The van der Waals surface area contributed by atoms with Crippen molar-refractivity contribution in [2.75, 3.05) is 49.1 Å². The van der Waals surface area contributed by atoms with Gasteiger partial charge in [-0.15, -0.1) is 0 Å². The van der Waals surface area contributed by atoms with E-state index >= 15 is 8.78 Å². The molecule has 1 unspecified atom stereocenters. The number of nitrogens with zero attached hydrogens (tertiary/aromatic N) is 4. The lowest BCUT2D eigenvalue weighted by Gasteiger charge is -2.36.